The number of amides is 1. The molecule has 35 heavy (non-hydrogen) atoms. The molecule has 1 aliphatic rings. The minimum atomic E-state index is -4.52. The molecule has 0 bridgehead atoms. The number of carbonyl (C=O) groups is 1. The molecule has 0 aliphatic carbocycles. The van der Waals surface area contributed by atoms with E-state index in [9.17, 15) is 18.0 Å². The number of likely N-dealkylation sites (tertiary alicyclic amines) is 1. The monoisotopic (exact) mass is 501 g/mol. The van der Waals surface area contributed by atoms with Crippen LogP contribution in [0.4, 0.5) is 18.0 Å². The van der Waals surface area contributed by atoms with Gasteiger partial charge in [-0.25, -0.2) is 14.8 Å². The number of alkyl halides is 3. The van der Waals surface area contributed by atoms with Gasteiger partial charge < -0.3 is 10.0 Å². The highest BCUT2D eigenvalue weighted by Crippen LogP contribution is 2.43. The van der Waals surface area contributed by atoms with E-state index in [-0.39, 0.29) is 16.7 Å². The first-order valence-corrected chi connectivity index (χ1v) is 12.2. The molecule has 2 heterocycles. The summed E-state index contributed by atoms with van der Waals surface area (Å²) < 4.78 is 42.2. The Balaban J connectivity index is 1.64. The van der Waals surface area contributed by atoms with Crippen molar-refractivity contribution in [3.05, 3.63) is 71.7 Å². The molecular formula is C26H26F3N3O2S. The Hall–Kier alpha value is -3.07. The van der Waals surface area contributed by atoms with Crippen molar-refractivity contribution in [3.63, 3.8) is 0 Å². The van der Waals surface area contributed by atoms with Crippen LogP contribution in [0.15, 0.2) is 64.6 Å². The van der Waals surface area contributed by atoms with Gasteiger partial charge in [0.1, 0.15) is 6.33 Å². The number of halogens is 3. The van der Waals surface area contributed by atoms with E-state index in [0.717, 1.165) is 34.0 Å². The number of piperidine rings is 1. The maximum absolute atomic E-state index is 14.1. The Bertz CT molecular complexity index is 1210. The number of aromatic nitrogens is 2. The summed E-state index contributed by atoms with van der Waals surface area (Å²) in [5.41, 5.74) is 1.81. The van der Waals surface area contributed by atoms with Crippen molar-refractivity contribution >= 4 is 17.9 Å². The van der Waals surface area contributed by atoms with Crippen LogP contribution in [0, 0.1) is 0 Å². The number of hydrogen-bond acceptors (Lipinski definition) is 4. The molecule has 1 aliphatic heterocycles. The summed E-state index contributed by atoms with van der Waals surface area (Å²) in [5.74, 6) is 0.228. The van der Waals surface area contributed by atoms with Gasteiger partial charge in [-0.05, 0) is 48.6 Å². The van der Waals surface area contributed by atoms with Gasteiger partial charge in [0.15, 0.2) is 0 Å². The minimum absolute atomic E-state index is 0.0387. The van der Waals surface area contributed by atoms with Crippen LogP contribution < -0.4 is 0 Å². The maximum atomic E-state index is 14.1. The molecule has 2 aromatic carbocycles. The van der Waals surface area contributed by atoms with E-state index in [1.807, 2.05) is 38.1 Å². The van der Waals surface area contributed by atoms with Crippen molar-refractivity contribution in [1.82, 2.24) is 14.9 Å². The summed E-state index contributed by atoms with van der Waals surface area (Å²) in [4.78, 5) is 22.0. The first-order valence-electron chi connectivity index (χ1n) is 11.4. The average molecular weight is 502 g/mol. The topological polar surface area (TPSA) is 66.3 Å². The molecule has 4 rings (SSSR count). The molecule has 1 amide bonds. The van der Waals surface area contributed by atoms with E-state index in [2.05, 4.69) is 9.97 Å². The molecular weight excluding hydrogens is 475 g/mol. The van der Waals surface area contributed by atoms with Gasteiger partial charge in [-0.1, -0.05) is 49.9 Å². The summed E-state index contributed by atoms with van der Waals surface area (Å²) >= 11 is 1.12. The molecule has 0 spiro atoms. The van der Waals surface area contributed by atoms with E-state index in [1.165, 1.54) is 17.3 Å². The Morgan fingerprint density at radius 2 is 1.77 bits per heavy atom. The van der Waals surface area contributed by atoms with Crippen molar-refractivity contribution in [1.29, 1.82) is 0 Å². The van der Waals surface area contributed by atoms with E-state index in [4.69, 9.17) is 5.11 Å². The molecule has 1 fully saturated rings. The number of hydrogen-bond donors (Lipinski definition) is 1. The van der Waals surface area contributed by atoms with Crippen molar-refractivity contribution in [2.45, 2.75) is 54.5 Å². The Labute approximate surface area is 206 Å². The van der Waals surface area contributed by atoms with Gasteiger partial charge in [-0.15, -0.1) is 0 Å². The third-order valence-electron chi connectivity index (χ3n) is 6.21. The average Bonchev–Trinajstić information content (AvgIpc) is 2.84. The zero-order chi connectivity index (χ0) is 25.2. The smallest absolute Gasteiger partial charge is 0.417 e. The highest BCUT2D eigenvalue weighted by atomic mass is 32.2. The molecule has 0 radical (unpaired) electrons. The van der Waals surface area contributed by atoms with Crippen LogP contribution in [0.2, 0.25) is 0 Å². The molecule has 0 saturated carbocycles. The third-order valence-corrected chi connectivity index (χ3v) is 7.38. The van der Waals surface area contributed by atoms with Gasteiger partial charge in [0.05, 0.1) is 11.3 Å². The second kappa shape index (κ2) is 10.3. The van der Waals surface area contributed by atoms with Gasteiger partial charge in [-0.2, -0.15) is 13.2 Å². The lowest BCUT2D eigenvalue weighted by Gasteiger charge is -2.29. The molecule has 184 valence electrons. The molecule has 1 aromatic heterocycles. The van der Waals surface area contributed by atoms with E-state index < -0.39 is 17.8 Å². The molecule has 0 atom stereocenters. The SMILES string of the molecule is CC(C)c1ccccc1Sc1ccc(-c2cc(C3CCN(C(=O)O)CC3)ncn2)cc1C(F)(F)F. The van der Waals surface area contributed by atoms with Gasteiger partial charge in [0, 0.05) is 40.1 Å². The molecule has 5 nitrogen and oxygen atoms in total. The van der Waals surface area contributed by atoms with Crippen LogP contribution in [-0.2, 0) is 6.18 Å². The quantitative estimate of drug-likeness (QED) is 0.398. The highest BCUT2D eigenvalue weighted by Gasteiger charge is 2.34. The van der Waals surface area contributed by atoms with Crippen LogP contribution in [-0.4, -0.2) is 39.2 Å². The molecule has 3 aromatic rings. The maximum Gasteiger partial charge on any atom is 0.417 e. The third kappa shape index (κ3) is 5.78. The molecule has 1 N–H and O–H groups in total. The first kappa shape index (κ1) is 25.0. The van der Waals surface area contributed by atoms with Crippen LogP contribution in [0.5, 0.6) is 0 Å². The van der Waals surface area contributed by atoms with Gasteiger partial charge in [-0.3, -0.25) is 0 Å². The second-order valence-electron chi connectivity index (χ2n) is 8.88. The van der Waals surface area contributed by atoms with Crippen LogP contribution in [0.1, 0.15) is 55.3 Å². The number of rotatable bonds is 5. The number of nitrogens with zero attached hydrogens (tertiary/aromatic N) is 3. The zero-order valence-electron chi connectivity index (χ0n) is 19.4. The van der Waals surface area contributed by atoms with Crippen LogP contribution in [0.3, 0.4) is 0 Å². The standard InChI is InChI=1S/C26H26F3N3O2S/c1-16(2)19-5-3-4-6-23(19)35-24-8-7-18(13-20(24)26(27,28)29)22-14-21(30-15-31-22)17-9-11-32(12-10-17)25(33)34/h3-8,13-17H,9-12H2,1-2H3,(H,33,34). The first-order chi connectivity index (χ1) is 16.6. The summed E-state index contributed by atoms with van der Waals surface area (Å²) in [6.07, 6.45) is -2.88. The lowest BCUT2D eigenvalue weighted by molar-refractivity contribution is -0.139. The second-order valence-corrected chi connectivity index (χ2v) is 9.96. The van der Waals surface area contributed by atoms with Gasteiger partial charge >= 0.3 is 12.3 Å². The van der Waals surface area contributed by atoms with Crippen molar-refractivity contribution in [2.24, 2.45) is 0 Å². The lowest BCUT2D eigenvalue weighted by Crippen LogP contribution is -2.36. The molecule has 9 heteroatoms. The van der Waals surface area contributed by atoms with Gasteiger partial charge in [0.25, 0.3) is 0 Å². The van der Waals surface area contributed by atoms with Crippen LogP contribution in [0.25, 0.3) is 11.3 Å². The van der Waals surface area contributed by atoms with E-state index in [0.29, 0.717) is 37.2 Å². The summed E-state index contributed by atoms with van der Waals surface area (Å²) in [5, 5.41) is 9.14. The van der Waals surface area contributed by atoms with Crippen molar-refractivity contribution in [3.8, 4) is 11.3 Å². The largest absolute Gasteiger partial charge is 0.465 e. The van der Waals surface area contributed by atoms with Gasteiger partial charge in [0.2, 0.25) is 0 Å². The Kier molecular flexibility index (Phi) is 7.35. The predicted octanol–water partition coefficient (Wildman–Crippen LogP) is 7.29. The minimum Gasteiger partial charge on any atom is -0.465 e. The fourth-order valence-electron chi connectivity index (χ4n) is 4.29. The Morgan fingerprint density at radius 1 is 1.06 bits per heavy atom. The van der Waals surface area contributed by atoms with Crippen LogP contribution >= 0.6 is 11.8 Å². The normalized spacial score (nSPS) is 15.0. The zero-order valence-corrected chi connectivity index (χ0v) is 20.2. The van der Waals surface area contributed by atoms with Crippen molar-refractivity contribution in [2.75, 3.05) is 13.1 Å². The summed E-state index contributed by atoms with van der Waals surface area (Å²) in [7, 11) is 0. The molecule has 1 saturated heterocycles. The summed E-state index contributed by atoms with van der Waals surface area (Å²) in [6, 6.07) is 13.6. The number of carboxylic acid groups (broad SMARTS) is 1. The summed E-state index contributed by atoms with van der Waals surface area (Å²) in [6.45, 7) is 4.85. The predicted molar refractivity (Wildman–Crippen MR) is 129 cm³/mol. The number of benzene rings is 2. The fraction of sp³-hybridized carbons (Fsp3) is 0.346. The van der Waals surface area contributed by atoms with E-state index in [1.54, 1.807) is 12.1 Å². The fourth-order valence-corrected chi connectivity index (χ4v) is 5.51. The van der Waals surface area contributed by atoms with Crippen molar-refractivity contribution < 1.29 is 23.1 Å². The Morgan fingerprint density at radius 3 is 2.43 bits per heavy atom. The van der Waals surface area contributed by atoms with E-state index >= 15 is 0 Å². The lowest BCUT2D eigenvalue weighted by atomic mass is 9.92. The molecule has 0 unspecified atom stereocenters. The highest BCUT2D eigenvalue weighted by molar-refractivity contribution is 7.99.